The smallest absolute Gasteiger partial charge is 0.333 e. The van der Waals surface area contributed by atoms with E-state index in [1.807, 2.05) is 0 Å². The fourth-order valence-electron chi connectivity index (χ4n) is 0.804. The highest BCUT2D eigenvalue weighted by Crippen LogP contribution is 2.34. The lowest BCUT2D eigenvalue weighted by molar-refractivity contribution is -0.384. The van der Waals surface area contributed by atoms with E-state index in [9.17, 15) is 10.1 Å². The highest BCUT2D eigenvalue weighted by molar-refractivity contribution is 6.31. The van der Waals surface area contributed by atoms with E-state index in [2.05, 4.69) is 0 Å². The molecule has 1 aromatic rings. The summed E-state index contributed by atoms with van der Waals surface area (Å²) in [6.45, 7) is 0. The molecule has 0 aliphatic carbocycles. The van der Waals surface area contributed by atoms with Crippen LogP contribution in [0.5, 0.6) is 5.75 Å². The van der Waals surface area contributed by atoms with Crippen LogP contribution in [-0.4, -0.2) is 10.0 Å². The highest BCUT2D eigenvalue weighted by Gasteiger charge is 2.18. The van der Waals surface area contributed by atoms with Crippen molar-refractivity contribution >= 4 is 23.0 Å². The van der Waals surface area contributed by atoms with E-state index in [0.717, 1.165) is 6.07 Å². The molecule has 64 valence electrons. The summed E-state index contributed by atoms with van der Waals surface area (Å²) >= 11 is 5.46. The first-order valence-electron chi connectivity index (χ1n) is 2.94. The second kappa shape index (κ2) is 2.86. The van der Waals surface area contributed by atoms with E-state index in [1.54, 1.807) is 0 Å². The predicted molar refractivity (Wildman–Crippen MR) is 44.2 cm³/mol. The number of phenolic OH excluding ortho intramolecular Hbond substituents is 1. The van der Waals surface area contributed by atoms with E-state index >= 15 is 0 Å². The third kappa shape index (κ3) is 1.40. The maximum Gasteiger partial charge on any atom is 0.333 e. The Hall–Kier alpha value is -1.49. The number of anilines is 1. The molecule has 3 N–H and O–H groups in total. The zero-order valence-electron chi connectivity index (χ0n) is 5.82. The van der Waals surface area contributed by atoms with Gasteiger partial charge < -0.3 is 10.8 Å². The van der Waals surface area contributed by atoms with E-state index in [-0.39, 0.29) is 10.7 Å². The maximum atomic E-state index is 10.3. The Bertz CT molecular complexity index is 317. The standard InChI is InChI=1S/C6H5ClN2O3/c7-3-1-4(8)6(9(11)12)5(10)2-3/h1-2,10H,8H2. The molecule has 0 unspecified atom stereocenters. The van der Waals surface area contributed by atoms with Gasteiger partial charge in [0.05, 0.1) is 4.92 Å². The molecule has 12 heavy (non-hydrogen) atoms. The van der Waals surface area contributed by atoms with Gasteiger partial charge >= 0.3 is 5.69 Å². The van der Waals surface area contributed by atoms with Crippen LogP contribution in [0, 0.1) is 10.1 Å². The van der Waals surface area contributed by atoms with Crippen molar-refractivity contribution in [1.29, 1.82) is 0 Å². The predicted octanol–water partition coefficient (Wildman–Crippen LogP) is 1.54. The first-order chi connectivity index (χ1) is 5.52. The van der Waals surface area contributed by atoms with Gasteiger partial charge in [0.15, 0.2) is 5.75 Å². The number of hydrogen-bond donors (Lipinski definition) is 2. The zero-order valence-corrected chi connectivity index (χ0v) is 6.58. The fraction of sp³-hybridized carbons (Fsp3) is 0. The molecule has 0 saturated heterocycles. The molecule has 6 heteroatoms. The van der Waals surface area contributed by atoms with E-state index in [0.29, 0.717) is 0 Å². The molecular formula is C6H5ClN2O3. The van der Waals surface area contributed by atoms with Gasteiger partial charge in [-0.1, -0.05) is 11.6 Å². The van der Waals surface area contributed by atoms with Gasteiger partial charge in [0.25, 0.3) is 0 Å². The summed E-state index contributed by atoms with van der Waals surface area (Å²) in [5.41, 5.74) is 4.57. The molecular weight excluding hydrogens is 184 g/mol. The number of halogens is 1. The summed E-state index contributed by atoms with van der Waals surface area (Å²) in [7, 11) is 0. The third-order valence-corrected chi connectivity index (χ3v) is 1.48. The Balaban J connectivity index is 3.38. The summed E-state index contributed by atoms with van der Waals surface area (Å²) in [5, 5.41) is 19.5. The van der Waals surface area contributed by atoms with Crippen molar-refractivity contribution < 1.29 is 10.0 Å². The molecule has 0 aliphatic rings. The topological polar surface area (TPSA) is 89.4 Å². The number of nitro benzene ring substituents is 1. The lowest BCUT2D eigenvalue weighted by Crippen LogP contribution is -1.95. The molecule has 0 saturated carbocycles. The van der Waals surface area contributed by atoms with Gasteiger partial charge in [0.2, 0.25) is 0 Å². The number of hydrogen-bond acceptors (Lipinski definition) is 4. The molecule has 1 aromatic carbocycles. The van der Waals surface area contributed by atoms with Gasteiger partial charge in [-0.25, -0.2) is 0 Å². The second-order valence-electron chi connectivity index (χ2n) is 2.12. The van der Waals surface area contributed by atoms with Gasteiger partial charge in [-0.2, -0.15) is 0 Å². The van der Waals surface area contributed by atoms with Gasteiger partial charge in [-0.3, -0.25) is 10.1 Å². The normalized spacial score (nSPS) is 9.75. The molecule has 0 radical (unpaired) electrons. The summed E-state index contributed by atoms with van der Waals surface area (Å²) in [6, 6.07) is 2.27. The number of nitro groups is 1. The number of nitrogens with zero attached hydrogens (tertiary/aromatic N) is 1. The Morgan fingerprint density at radius 1 is 1.58 bits per heavy atom. The molecule has 1 rings (SSSR count). The molecule has 0 fully saturated rings. The van der Waals surface area contributed by atoms with Crippen LogP contribution >= 0.6 is 11.6 Å². The minimum atomic E-state index is -0.763. The van der Waals surface area contributed by atoms with Gasteiger partial charge in [-0.05, 0) is 6.07 Å². The molecule has 0 bridgehead atoms. The summed E-state index contributed by atoms with van der Waals surface area (Å²) in [5.74, 6) is -0.523. The van der Waals surface area contributed by atoms with Crippen molar-refractivity contribution in [3.05, 3.63) is 27.3 Å². The van der Waals surface area contributed by atoms with Crippen molar-refractivity contribution in [2.75, 3.05) is 5.73 Å². The van der Waals surface area contributed by atoms with Crippen LogP contribution in [0.2, 0.25) is 5.02 Å². The van der Waals surface area contributed by atoms with Gasteiger partial charge in [-0.15, -0.1) is 0 Å². The number of nitrogens with two attached hydrogens (primary N) is 1. The first-order valence-corrected chi connectivity index (χ1v) is 3.32. The molecule has 0 atom stereocenters. The Morgan fingerprint density at radius 3 is 2.58 bits per heavy atom. The van der Waals surface area contributed by atoms with Crippen LogP contribution in [0.25, 0.3) is 0 Å². The van der Waals surface area contributed by atoms with E-state index in [4.69, 9.17) is 22.4 Å². The average Bonchev–Trinajstić information content (AvgIpc) is 1.82. The van der Waals surface area contributed by atoms with Gasteiger partial charge in [0.1, 0.15) is 5.69 Å². The lowest BCUT2D eigenvalue weighted by Gasteiger charge is -1.99. The number of phenols is 1. The maximum absolute atomic E-state index is 10.3. The van der Waals surface area contributed by atoms with Crippen LogP contribution in [0.15, 0.2) is 12.1 Å². The van der Waals surface area contributed by atoms with Crippen molar-refractivity contribution in [3.8, 4) is 5.75 Å². The van der Waals surface area contributed by atoms with Crippen LogP contribution in [0.4, 0.5) is 11.4 Å². The lowest BCUT2D eigenvalue weighted by atomic mass is 10.2. The van der Waals surface area contributed by atoms with Crippen molar-refractivity contribution in [3.63, 3.8) is 0 Å². The minimum Gasteiger partial charge on any atom is -0.502 e. The molecule has 0 amide bonds. The van der Waals surface area contributed by atoms with Crippen LogP contribution < -0.4 is 5.73 Å². The minimum absolute atomic E-state index is 0.148. The fourth-order valence-corrected chi connectivity index (χ4v) is 1.03. The average molecular weight is 189 g/mol. The summed E-state index contributed by atoms with van der Waals surface area (Å²) in [6.07, 6.45) is 0. The highest BCUT2D eigenvalue weighted by atomic mass is 35.5. The second-order valence-corrected chi connectivity index (χ2v) is 2.56. The van der Waals surface area contributed by atoms with Crippen LogP contribution in [0.1, 0.15) is 0 Å². The number of benzene rings is 1. The number of nitrogen functional groups attached to an aromatic ring is 1. The van der Waals surface area contributed by atoms with Crippen molar-refractivity contribution in [2.45, 2.75) is 0 Å². The number of aromatic hydroxyl groups is 1. The summed E-state index contributed by atoms with van der Waals surface area (Å²) in [4.78, 5) is 9.51. The first kappa shape index (κ1) is 8.61. The third-order valence-electron chi connectivity index (χ3n) is 1.27. The Morgan fingerprint density at radius 2 is 2.17 bits per heavy atom. The Labute approximate surface area is 72.5 Å². The van der Waals surface area contributed by atoms with Crippen molar-refractivity contribution in [1.82, 2.24) is 0 Å². The van der Waals surface area contributed by atoms with E-state index < -0.39 is 16.4 Å². The van der Waals surface area contributed by atoms with Crippen molar-refractivity contribution in [2.24, 2.45) is 0 Å². The van der Waals surface area contributed by atoms with Gasteiger partial charge in [0, 0.05) is 11.1 Å². The van der Waals surface area contributed by atoms with E-state index in [1.165, 1.54) is 6.07 Å². The van der Waals surface area contributed by atoms with Crippen LogP contribution in [0.3, 0.4) is 0 Å². The molecule has 0 aromatic heterocycles. The molecule has 0 spiro atoms. The van der Waals surface area contributed by atoms with Crippen LogP contribution in [-0.2, 0) is 0 Å². The quantitative estimate of drug-likeness (QED) is 0.397. The monoisotopic (exact) mass is 188 g/mol. The summed E-state index contributed by atoms with van der Waals surface area (Å²) < 4.78 is 0. The number of rotatable bonds is 1. The largest absolute Gasteiger partial charge is 0.502 e. The molecule has 5 nitrogen and oxygen atoms in total. The Kier molecular flexibility index (Phi) is 2.05. The molecule has 0 aliphatic heterocycles. The molecule has 0 heterocycles. The SMILES string of the molecule is Nc1cc(Cl)cc(O)c1[N+](=O)[O-]. The zero-order chi connectivity index (χ0) is 9.30.